The highest BCUT2D eigenvalue weighted by Gasteiger charge is 2.05. The maximum atomic E-state index is 12.7. The number of nitrogens with one attached hydrogen (secondary N) is 1. The number of amides is 1. The third-order valence-corrected chi connectivity index (χ3v) is 1.90. The van der Waals surface area contributed by atoms with Crippen molar-refractivity contribution < 1.29 is 9.18 Å². The summed E-state index contributed by atoms with van der Waals surface area (Å²) in [4.78, 5) is 11.3. The summed E-state index contributed by atoms with van der Waals surface area (Å²) in [7, 11) is 0. The largest absolute Gasteiger partial charge is 0.397 e. The molecular formula is C10H14FN3O. The molecule has 4 nitrogen and oxygen atoms in total. The number of halogens is 1. The molecule has 0 radical (unpaired) electrons. The first-order valence-electron chi connectivity index (χ1n) is 4.68. The molecule has 0 aliphatic carbocycles. The highest BCUT2D eigenvalue weighted by atomic mass is 19.1. The zero-order valence-corrected chi connectivity index (χ0v) is 8.29. The molecule has 0 aliphatic rings. The van der Waals surface area contributed by atoms with E-state index in [2.05, 4.69) is 5.32 Å². The lowest BCUT2D eigenvalue weighted by molar-refractivity contribution is -0.116. The Morgan fingerprint density at radius 1 is 1.47 bits per heavy atom. The third kappa shape index (κ3) is 3.55. The molecule has 0 fully saturated rings. The molecule has 15 heavy (non-hydrogen) atoms. The number of hydrogen-bond donors (Lipinski definition) is 3. The number of carbonyl (C=O) groups is 1. The van der Waals surface area contributed by atoms with E-state index in [1.54, 1.807) is 0 Å². The quantitative estimate of drug-likeness (QED) is 0.652. The van der Waals surface area contributed by atoms with Crippen LogP contribution in [0.15, 0.2) is 18.2 Å². The fraction of sp³-hybridized carbons (Fsp3) is 0.300. The predicted octanol–water partition coefficient (Wildman–Crippen LogP) is 1.09. The SMILES string of the molecule is NCCCC(=O)Nc1ccc(F)cc1N. The lowest BCUT2D eigenvalue weighted by atomic mass is 10.2. The number of hydrogen-bond acceptors (Lipinski definition) is 3. The smallest absolute Gasteiger partial charge is 0.224 e. The van der Waals surface area contributed by atoms with Gasteiger partial charge in [0.25, 0.3) is 0 Å². The normalized spacial score (nSPS) is 10.0. The molecule has 0 spiro atoms. The van der Waals surface area contributed by atoms with Gasteiger partial charge in [0.15, 0.2) is 0 Å². The highest BCUT2D eigenvalue weighted by Crippen LogP contribution is 2.19. The summed E-state index contributed by atoms with van der Waals surface area (Å²) in [6, 6.07) is 3.85. The highest BCUT2D eigenvalue weighted by molar-refractivity contribution is 5.93. The van der Waals surface area contributed by atoms with Gasteiger partial charge in [-0.15, -0.1) is 0 Å². The van der Waals surface area contributed by atoms with Crippen LogP contribution in [-0.2, 0) is 4.79 Å². The molecule has 1 rings (SSSR count). The van der Waals surface area contributed by atoms with Gasteiger partial charge < -0.3 is 16.8 Å². The van der Waals surface area contributed by atoms with Crippen LogP contribution in [0.2, 0.25) is 0 Å². The molecule has 82 valence electrons. The van der Waals surface area contributed by atoms with Crippen molar-refractivity contribution in [2.24, 2.45) is 5.73 Å². The second-order valence-electron chi connectivity index (χ2n) is 3.17. The van der Waals surface area contributed by atoms with Gasteiger partial charge in [-0.05, 0) is 31.2 Å². The minimum atomic E-state index is -0.424. The summed E-state index contributed by atoms with van der Waals surface area (Å²) in [6.45, 7) is 0.465. The van der Waals surface area contributed by atoms with E-state index in [-0.39, 0.29) is 11.6 Å². The lowest BCUT2D eigenvalue weighted by Crippen LogP contribution is -2.14. The first-order chi connectivity index (χ1) is 7.13. The topological polar surface area (TPSA) is 81.1 Å². The van der Waals surface area contributed by atoms with Gasteiger partial charge in [0.1, 0.15) is 5.82 Å². The van der Waals surface area contributed by atoms with Crippen LogP contribution in [0.4, 0.5) is 15.8 Å². The van der Waals surface area contributed by atoms with Gasteiger partial charge in [0, 0.05) is 6.42 Å². The summed E-state index contributed by atoms with van der Waals surface area (Å²) < 4.78 is 12.7. The Morgan fingerprint density at radius 2 is 2.20 bits per heavy atom. The fourth-order valence-electron chi connectivity index (χ4n) is 1.12. The molecule has 0 saturated heterocycles. The van der Waals surface area contributed by atoms with Crippen LogP contribution in [0.5, 0.6) is 0 Å². The molecule has 0 atom stereocenters. The van der Waals surface area contributed by atoms with Crippen LogP contribution < -0.4 is 16.8 Å². The Morgan fingerprint density at radius 3 is 2.80 bits per heavy atom. The van der Waals surface area contributed by atoms with Crippen LogP contribution in [0.3, 0.4) is 0 Å². The minimum absolute atomic E-state index is 0.168. The lowest BCUT2D eigenvalue weighted by Gasteiger charge is -2.07. The molecule has 5 heteroatoms. The Hall–Kier alpha value is -1.62. The fourth-order valence-corrected chi connectivity index (χ4v) is 1.12. The molecule has 0 saturated carbocycles. The van der Waals surface area contributed by atoms with E-state index in [4.69, 9.17) is 11.5 Å². The van der Waals surface area contributed by atoms with Gasteiger partial charge in [0.05, 0.1) is 11.4 Å². The molecule has 1 aromatic rings. The molecule has 0 heterocycles. The Bertz CT molecular complexity index is 355. The van der Waals surface area contributed by atoms with E-state index in [0.717, 1.165) is 0 Å². The van der Waals surface area contributed by atoms with Crippen LogP contribution in [-0.4, -0.2) is 12.5 Å². The molecule has 1 amide bonds. The van der Waals surface area contributed by atoms with Crippen molar-refractivity contribution in [2.75, 3.05) is 17.6 Å². The van der Waals surface area contributed by atoms with Crippen molar-refractivity contribution in [3.05, 3.63) is 24.0 Å². The number of rotatable bonds is 4. The number of nitrogen functional groups attached to an aromatic ring is 1. The van der Waals surface area contributed by atoms with Crippen molar-refractivity contribution in [1.29, 1.82) is 0 Å². The van der Waals surface area contributed by atoms with E-state index in [0.29, 0.717) is 25.1 Å². The van der Waals surface area contributed by atoms with Crippen molar-refractivity contribution in [1.82, 2.24) is 0 Å². The maximum Gasteiger partial charge on any atom is 0.224 e. The first kappa shape index (κ1) is 11.5. The minimum Gasteiger partial charge on any atom is -0.397 e. The van der Waals surface area contributed by atoms with Crippen molar-refractivity contribution in [2.45, 2.75) is 12.8 Å². The molecular weight excluding hydrogens is 197 g/mol. The average molecular weight is 211 g/mol. The van der Waals surface area contributed by atoms with Gasteiger partial charge in [-0.1, -0.05) is 0 Å². The number of anilines is 2. The van der Waals surface area contributed by atoms with Crippen LogP contribution in [0, 0.1) is 5.82 Å². The average Bonchev–Trinajstić information content (AvgIpc) is 2.19. The summed E-state index contributed by atoms with van der Waals surface area (Å²) in [6.07, 6.45) is 0.959. The Kier molecular flexibility index (Phi) is 4.05. The number of nitrogens with two attached hydrogens (primary N) is 2. The van der Waals surface area contributed by atoms with Crippen LogP contribution in [0.1, 0.15) is 12.8 Å². The molecule has 0 aliphatic heterocycles. The molecule has 5 N–H and O–H groups in total. The summed E-state index contributed by atoms with van der Waals surface area (Å²) in [5.41, 5.74) is 11.4. The second-order valence-corrected chi connectivity index (χ2v) is 3.17. The second kappa shape index (κ2) is 5.31. The van der Waals surface area contributed by atoms with Gasteiger partial charge in [-0.3, -0.25) is 4.79 Å². The van der Waals surface area contributed by atoms with Crippen molar-refractivity contribution in [3.63, 3.8) is 0 Å². The third-order valence-electron chi connectivity index (χ3n) is 1.90. The van der Waals surface area contributed by atoms with Gasteiger partial charge in [-0.25, -0.2) is 4.39 Å². The van der Waals surface area contributed by atoms with Crippen LogP contribution >= 0.6 is 0 Å². The van der Waals surface area contributed by atoms with Gasteiger partial charge in [0.2, 0.25) is 5.91 Å². The molecule has 0 aromatic heterocycles. The molecule has 0 bridgehead atoms. The van der Waals surface area contributed by atoms with E-state index < -0.39 is 5.82 Å². The summed E-state index contributed by atoms with van der Waals surface area (Å²) in [5.74, 6) is -0.591. The van der Waals surface area contributed by atoms with Gasteiger partial charge in [-0.2, -0.15) is 0 Å². The summed E-state index contributed by atoms with van der Waals surface area (Å²) in [5, 5.41) is 2.59. The zero-order valence-electron chi connectivity index (χ0n) is 8.29. The zero-order chi connectivity index (χ0) is 11.3. The maximum absolute atomic E-state index is 12.7. The van der Waals surface area contributed by atoms with Crippen molar-refractivity contribution in [3.8, 4) is 0 Å². The Balaban J connectivity index is 2.60. The van der Waals surface area contributed by atoms with E-state index in [1.807, 2.05) is 0 Å². The monoisotopic (exact) mass is 211 g/mol. The van der Waals surface area contributed by atoms with E-state index in [9.17, 15) is 9.18 Å². The summed E-state index contributed by atoms with van der Waals surface area (Å²) >= 11 is 0. The number of benzene rings is 1. The molecule has 0 unspecified atom stereocenters. The standard InChI is InChI=1S/C10H14FN3O/c11-7-3-4-9(8(13)6-7)14-10(15)2-1-5-12/h3-4,6H,1-2,5,12-13H2,(H,14,15). The van der Waals surface area contributed by atoms with E-state index >= 15 is 0 Å². The van der Waals surface area contributed by atoms with Crippen LogP contribution in [0.25, 0.3) is 0 Å². The number of carbonyl (C=O) groups excluding carboxylic acids is 1. The predicted molar refractivity (Wildman–Crippen MR) is 57.7 cm³/mol. The Labute approximate surface area is 87.4 Å². The molecule has 1 aromatic carbocycles. The van der Waals surface area contributed by atoms with E-state index in [1.165, 1.54) is 18.2 Å². The van der Waals surface area contributed by atoms with Gasteiger partial charge >= 0.3 is 0 Å². The first-order valence-corrected chi connectivity index (χ1v) is 4.68. The van der Waals surface area contributed by atoms with Crippen molar-refractivity contribution >= 4 is 17.3 Å².